The van der Waals surface area contributed by atoms with E-state index in [1.54, 1.807) is 17.0 Å². The Morgan fingerprint density at radius 2 is 1.85 bits per heavy atom. The largest absolute Gasteiger partial charge is 0.356 e. The van der Waals surface area contributed by atoms with Gasteiger partial charge in [0.15, 0.2) is 0 Å². The van der Waals surface area contributed by atoms with Gasteiger partial charge in [-0.1, -0.05) is 12.5 Å². The van der Waals surface area contributed by atoms with Crippen LogP contribution < -0.4 is 10.5 Å². The Bertz CT molecular complexity index is 876. The van der Waals surface area contributed by atoms with E-state index in [9.17, 15) is 4.79 Å². The molecule has 2 atom stereocenters. The van der Waals surface area contributed by atoms with Crippen LogP contribution in [0.15, 0.2) is 35.4 Å². The molecule has 2 saturated heterocycles. The van der Waals surface area contributed by atoms with Gasteiger partial charge in [0.2, 0.25) is 5.56 Å². The number of rotatable bonds is 4. The summed E-state index contributed by atoms with van der Waals surface area (Å²) in [6.45, 7) is 5.22. The maximum Gasteiger partial charge on any atom is 0.250 e. The quantitative estimate of drug-likeness (QED) is 0.830. The van der Waals surface area contributed by atoms with Crippen molar-refractivity contribution in [2.45, 2.75) is 31.7 Å². The van der Waals surface area contributed by atoms with E-state index >= 15 is 0 Å². The van der Waals surface area contributed by atoms with Crippen molar-refractivity contribution in [1.29, 1.82) is 0 Å². The van der Waals surface area contributed by atoms with Gasteiger partial charge in [0.25, 0.3) is 0 Å². The highest BCUT2D eigenvalue weighted by Crippen LogP contribution is 2.38. The number of pyridine rings is 1. The molecule has 142 valence electrons. The second-order valence-electron chi connectivity index (χ2n) is 8.46. The standard InChI is InChI=1S/C21H27N5O/c1-24-18(6-3-7-21(24)27)13-25-9-16-11-26(12-17(16)10-25)20-8-19(22-14-23-20)15-4-2-5-15/h3,6-8,14-17H,2,4-5,9-13H2,1H3. The molecule has 2 aliphatic heterocycles. The van der Waals surface area contributed by atoms with Crippen LogP contribution in [0.5, 0.6) is 0 Å². The molecule has 2 aromatic rings. The van der Waals surface area contributed by atoms with Crippen molar-refractivity contribution in [3.05, 3.63) is 52.3 Å². The molecule has 3 fully saturated rings. The van der Waals surface area contributed by atoms with E-state index < -0.39 is 0 Å². The van der Waals surface area contributed by atoms with Crippen LogP contribution >= 0.6 is 0 Å². The predicted octanol–water partition coefficient (Wildman–Crippen LogP) is 2.01. The van der Waals surface area contributed by atoms with Crippen molar-refractivity contribution in [2.24, 2.45) is 18.9 Å². The zero-order valence-electron chi connectivity index (χ0n) is 15.9. The monoisotopic (exact) mass is 365 g/mol. The lowest BCUT2D eigenvalue weighted by molar-refractivity contribution is 0.300. The molecule has 0 N–H and O–H groups in total. The van der Waals surface area contributed by atoms with E-state index in [1.165, 1.54) is 25.0 Å². The van der Waals surface area contributed by atoms with Gasteiger partial charge in [-0.05, 0) is 30.7 Å². The molecule has 6 heteroatoms. The summed E-state index contributed by atoms with van der Waals surface area (Å²) >= 11 is 0. The number of likely N-dealkylation sites (tertiary alicyclic amines) is 1. The first-order chi connectivity index (χ1) is 13.2. The van der Waals surface area contributed by atoms with Crippen LogP contribution in [0, 0.1) is 11.8 Å². The van der Waals surface area contributed by atoms with E-state index in [1.807, 2.05) is 13.1 Å². The van der Waals surface area contributed by atoms with E-state index in [-0.39, 0.29) is 5.56 Å². The molecule has 2 aromatic heterocycles. The molecule has 0 amide bonds. The van der Waals surface area contributed by atoms with Crippen LogP contribution in [0.25, 0.3) is 0 Å². The molecular weight excluding hydrogens is 338 g/mol. The molecule has 0 spiro atoms. The summed E-state index contributed by atoms with van der Waals surface area (Å²) in [4.78, 5) is 25.9. The first-order valence-corrected chi connectivity index (χ1v) is 10.1. The Kier molecular flexibility index (Phi) is 4.23. The summed E-state index contributed by atoms with van der Waals surface area (Å²) in [5.74, 6) is 3.14. The Morgan fingerprint density at radius 1 is 1.07 bits per heavy atom. The summed E-state index contributed by atoms with van der Waals surface area (Å²) in [6, 6.07) is 7.78. The number of hydrogen-bond acceptors (Lipinski definition) is 5. The minimum absolute atomic E-state index is 0.0732. The highest BCUT2D eigenvalue weighted by atomic mass is 16.1. The molecule has 6 nitrogen and oxygen atoms in total. The molecule has 0 bridgehead atoms. The van der Waals surface area contributed by atoms with Gasteiger partial charge in [-0.25, -0.2) is 9.97 Å². The van der Waals surface area contributed by atoms with Crippen LogP contribution in [-0.2, 0) is 13.6 Å². The fourth-order valence-electron chi connectivity index (χ4n) is 4.86. The van der Waals surface area contributed by atoms with Gasteiger partial charge >= 0.3 is 0 Å². The fourth-order valence-corrected chi connectivity index (χ4v) is 4.86. The zero-order valence-corrected chi connectivity index (χ0v) is 15.9. The molecule has 1 saturated carbocycles. The molecule has 5 rings (SSSR count). The van der Waals surface area contributed by atoms with Crippen LogP contribution in [0.3, 0.4) is 0 Å². The lowest BCUT2D eigenvalue weighted by Gasteiger charge is -2.26. The molecule has 27 heavy (non-hydrogen) atoms. The normalized spacial score (nSPS) is 25.6. The van der Waals surface area contributed by atoms with E-state index in [2.05, 4.69) is 31.9 Å². The molecule has 4 heterocycles. The lowest BCUT2D eigenvalue weighted by Crippen LogP contribution is -2.31. The van der Waals surface area contributed by atoms with Crippen molar-refractivity contribution in [1.82, 2.24) is 19.4 Å². The van der Waals surface area contributed by atoms with Gasteiger partial charge in [-0.2, -0.15) is 0 Å². The smallest absolute Gasteiger partial charge is 0.250 e. The van der Waals surface area contributed by atoms with Crippen LogP contribution in [0.2, 0.25) is 0 Å². The number of nitrogens with zero attached hydrogens (tertiary/aromatic N) is 5. The Hall–Kier alpha value is -2.21. The highest BCUT2D eigenvalue weighted by molar-refractivity contribution is 5.42. The third kappa shape index (κ3) is 3.16. The minimum atomic E-state index is 0.0732. The number of anilines is 1. The number of aromatic nitrogens is 3. The van der Waals surface area contributed by atoms with Gasteiger partial charge in [0, 0.05) is 69.2 Å². The summed E-state index contributed by atoms with van der Waals surface area (Å²) in [6.07, 6.45) is 5.64. The first kappa shape index (κ1) is 16.9. The Morgan fingerprint density at radius 3 is 2.56 bits per heavy atom. The Labute approximate surface area is 159 Å². The third-order valence-electron chi connectivity index (χ3n) is 6.76. The van der Waals surface area contributed by atoms with Crippen molar-refractivity contribution >= 4 is 5.82 Å². The van der Waals surface area contributed by atoms with Crippen molar-refractivity contribution in [3.63, 3.8) is 0 Å². The van der Waals surface area contributed by atoms with Crippen LogP contribution in [0.1, 0.15) is 36.6 Å². The van der Waals surface area contributed by atoms with Gasteiger partial charge < -0.3 is 9.47 Å². The van der Waals surface area contributed by atoms with Gasteiger partial charge in [-0.3, -0.25) is 9.69 Å². The van der Waals surface area contributed by atoms with Crippen molar-refractivity contribution in [2.75, 3.05) is 31.1 Å². The van der Waals surface area contributed by atoms with E-state index in [0.717, 1.165) is 44.2 Å². The van der Waals surface area contributed by atoms with Gasteiger partial charge in [0.05, 0.1) is 0 Å². The van der Waals surface area contributed by atoms with Crippen molar-refractivity contribution in [3.8, 4) is 0 Å². The second-order valence-corrected chi connectivity index (χ2v) is 8.46. The van der Waals surface area contributed by atoms with Crippen molar-refractivity contribution < 1.29 is 0 Å². The fraction of sp³-hybridized carbons (Fsp3) is 0.571. The molecular formula is C21H27N5O. The lowest BCUT2D eigenvalue weighted by atomic mass is 9.83. The van der Waals surface area contributed by atoms with Gasteiger partial charge in [-0.15, -0.1) is 0 Å². The summed E-state index contributed by atoms with van der Waals surface area (Å²) in [5.41, 5.74) is 2.40. The maximum atomic E-state index is 11.8. The first-order valence-electron chi connectivity index (χ1n) is 10.1. The van der Waals surface area contributed by atoms with Crippen LogP contribution in [0.4, 0.5) is 5.82 Å². The van der Waals surface area contributed by atoms with Crippen LogP contribution in [-0.4, -0.2) is 45.6 Å². The third-order valence-corrected chi connectivity index (χ3v) is 6.76. The summed E-state index contributed by atoms with van der Waals surface area (Å²) in [7, 11) is 1.87. The van der Waals surface area contributed by atoms with E-state index in [0.29, 0.717) is 17.8 Å². The molecule has 2 unspecified atom stereocenters. The average molecular weight is 365 g/mol. The predicted molar refractivity (Wildman–Crippen MR) is 105 cm³/mol. The van der Waals surface area contributed by atoms with E-state index in [4.69, 9.17) is 0 Å². The molecule has 0 aromatic carbocycles. The maximum absolute atomic E-state index is 11.8. The number of fused-ring (bicyclic) bond motifs is 1. The topological polar surface area (TPSA) is 54.3 Å². The Balaban J connectivity index is 1.23. The molecule has 1 aliphatic carbocycles. The van der Waals surface area contributed by atoms with Gasteiger partial charge in [0.1, 0.15) is 12.1 Å². The minimum Gasteiger partial charge on any atom is -0.356 e. The summed E-state index contributed by atoms with van der Waals surface area (Å²) in [5, 5.41) is 0. The molecule has 3 aliphatic rings. The number of hydrogen-bond donors (Lipinski definition) is 0. The SMILES string of the molecule is Cn1c(CN2CC3CN(c4cc(C5CCC5)ncn4)CC3C2)cccc1=O. The summed E-state index contributed by atoms with van der Waals surface area (Å²) < 4.78 is 1.77. The second kappa shape index (κ2) is 6.75. The average Bonchev–Trinajstić information content (AvgIpc) is 3.16. The zero-order chi connectivity index (χ0) is 18.4. The highest BCUT2D eigenvalue weighted by Gasteiger charge is 2.40. The molecule has 0 radical (unpaired) electrons.